The molecule has 0 atom stereocenters. The first-order valence-corrected chi connectivity index (χ1v) is 3.81. The monoisotopic (exact) mass is 124 g/mol. The van der Waals surface area contributed by atoms with Crippen LogP contribution in [0.4, 0.5) is 0 Å². The molecule has 1 spiro atoms. The van der Waals surface area contributed by atoms with Gasteiger partial charge in [0.2, 0.25) is 0 Å². The van der Waals surface area contributed by atoms with Gasteiger partial charge in [-0.3, -0.25) is 0 Å². The summed E-state index contributed by atoms with van der Waals surface area (Å²) >= 11 is 0. The second-order valence-corrected chi connectivity index (χ2v) is 3.68. The summed E-state index contributed by atoms with van der Waals surface area (Å²) in [7, 11) is 2.23. The first-order chi connectivity index (χ1) is 4.31. The van der Waals surface area contributed by atoms with E-state index >= 15 is 0 Å². The molecule has 1 heteroatoms. The van der Waals surface area contributed by atoms with Crippen LogP contribution >= 0.6 is 0 Å². The van der Waals surface area contributed by atoms with Crippen LogP contribution in [-0.4, -0.2) is 25.0 Å². The molecular weight excluding hydrogens is 110 g/mol. The highest BCUT2D eigenvalue weighted by molar-refractivity contribution is 5.03. The van der Waals surface area contributed by atoms with Gasteiger partial charge in [-0.05, 0) is 44.7 Å². The third kappa shape index (κ3) is 0.787. The molecule has 0 unspecified atom stereocenters. The molecule has 1 saturated heterocycles. The van der Waals surface area contributed by atoms with Crippen molar-refractivity contribution < 1.29 is 0 Å². The summed E-state index contributed by atoms with van der Waals surface area (Å²) in [4.78, 5) is 2.45. The summed E-state index contributed by atoms with van der Waals surface area (Å²) in [5.41, 5.74) is 0.759. The molecule has 0 bridgehead atoms. The van der Waals surface area contributed by atoms with E-state index in [9.17, 15) is 0 Å². The van der Waals surface area contributed by atoms with Crippen molar-refractivity contribution >= 4 is 0 Å². The lowest BCUT2D eigenvalue weighted by atomic mass is 9.68. The van der Waals surface area contributed by atoms with Crippen molar-refractivity contribution in [1.29, 1.82) is 0 Å². The zero-order valence-corrected chi connectivity index (χ0v) is 6.06. The Kier molecular flexibility index (Phi) is 1.10. The standard InChI is InChI=1S/C8H14N/c1-9-6-5-8(7-9)3-2-4-8/h2H,3-7H2,1H3. The normalized spacial score (nSPS) is 33.0. The van der Waals surface area contributed by atoms with Crippen molar-refractivity contribution in [2.75, 3.05) is 20.1 Å². The minimum absolute atomic E-state index is 0.759. The summed E-state index contributed by atoms with van der Waals surface area (Å²) in [5.74, 6) is 0. The van der Waals surface area contributed by atoms with Gasteiger partial charge in [-0.1, -0.05) is 0 Å². The minimum atomic E-state index is 0.759. The minimum Gasteiger partial charge on any atom is -0.306 e. The Bertz CT molecular complexity index is 116. The van der Waals surface area contributed by atoms with E-state index in [4.69, 9.17) is 0 Å². The number of hydrogen-bond acceptors (Lipinski definition) is 1. The SMILES string of the molecule is CN1CCC2(C[CH]C2)C1. The fraction of sp³-hybridized carbons (Fsp3) is 0.875. The van der Waals surface area contributed by atoms with Crippen LogP contribution in [0.25, 0.3) is 0 Å². The molecule has 1 aliphatic carbocycles. The quantitative estimate of drug-likeness (QED) is 0.470. The molecule has 0 aromatic heterocycles. The second kappa shape index (κ2) is 1.72. The second-order valence-electron chi connectivity index (χ2n) is 3.68. The number of nitrogens with zero attached hydrogens (tertiary/aromatic N) is 1. The highest BCUT2D eigenvalue weighted by Crippen LogP contribution is 2.46. The van der Waals surface area contributed by atoms with E-state index in [1.54, 1.807) is 0 Å². The van der Waals surface area contributed by atoms with E-state index in [-0.39, 0.29) is 0 Å². The Morgan fingerprint density at radius 2 is 2.22 bits per heavy atom. The molecule has 1 heterocycles. The number of likely N-dealkylation sites (tertiary alicyclic amines) is 1. The summed E-state index contributed by atoms with van der Waals surface area (Å²) in [6.07, 6.45) is 6.63. The van der Waals surface area contributed by atoms with Gasteiger partial charge in [-0.2, -0.15) is 0 Å². The predicted molar refractivity (Wildman–Crippen MR) is 38.1 cm³/mol. The van der Waals surface area contributed by atoms with Gasteiger partial charge in [0, 0.05) is 6.54 Å². The average Bonchev–Trinajstić information content (AvgIpc) is 2.09. The lowest BCUT2D eigenvalue weighted by molar-refractivity contribution is 0.206. The summed E-state index contributed by atoms with van der Waals surface area (Å²) in [5, 5.41) is 0. The first kappa shape index (κ1) is 5.72. The van der Waals surface area contributed by atoms with Crippen LogP contribution in [0.2, 0.25) is 0 Å². The van der Waals surface area contributed by atoms with Crippen LogP contribution in [0.15, 0.2) is 0 Å². The molecule has 51 valence electrons. The van der Waals surface area contributed by atoms with Crippen LogP contribution in [0.3, 0.4) is 0 Å². The molecule has 1 saturated carbocycles. The van der Waals surface area contributed by atoms with E-state index in [0.717, 1.165) is 5.41 Å². The zero-order valence-electron chi connectivity index (χ0n) is 6.06. The molecule has 0 amide bonds. The summed E-state index contributed by atoms with van der Waals surface area (Å²) in [6, 6.07) is 0. The van der Waals surface area contributed by atoms with Gasteiger partial charge in [-0.15, -0.1) is 0 Å². The van der Waals surface area contributed by atoms with Crippen molar-refractivity contribution in [3.8, 4) is 0 Å². The van der Waals surface area contributed by atoms with Crippen molar-refractivity contribution in [2.24, 2.45) is 5.41 Å². The van der Waals surface area contributed by atoms with Gasteiger partial charge in [-0.25, -0.2) is 0 Å². The Morgan fingerprint density at radius 1 is 1.44 bits per heavy atom. The predicted octanol–water partition coefficient (Wildman–Crippen LogP) is 1.31. The lowest BCUT2D eigenvalue weighted by Crippen LogP contribution is -2.32. The van der Waals surface area contributed by atoms with Crippen LogP contribution < -0.4 is 0 Å². The van der Waals surface area contributed by atoms with E-state index in [1.165, 1.54) is 32.4 Å². The van der Waals surface area contributed by atoms with Gasteiger partial charge >= 0.3 is 0 Å². The molecule has 0 aromatic rings. The number of rotatable bonds is 0. The molecule has 9 heavy (non-hydrogen) atoms. The molecule has 1 nitrogen and oxygen atoms in total. The molecular formula is C8H14N. The highest BCUT2D eigenvalue weighted by atomic mass is 15.1. The Labute approximate surface area is 57.0 Å². The average molecular weight is 124 g/mol. The topological polar surface area (TPSA) is 3.24 Å². The Balaban J connectivity index is 1.99. The molecule has 1 radical (unpaired) electrons. The third-order valence-corrected chi connectivity index (χ3v) is 2.78. The molecule has 2 aliphatic rings. The fourth-order valence-electron chi connectivity index (χ4n) is 2.04. The summed E-state index contributed by atoms with van der Waals surface area (Å²) < 4.78 is 0. The van der Waals surface area contributed by atoms with Crippen molar-refractivity contribution in [1.82, 2.24) is 4.90 Å². The maximum absolute atomic E-state index is 2.45. The van der Waals surface area contributed by atoms with Crippen LogP contribution in [-0.2, 0) is 0 Å². The van der Waals surface area contributed by atoms with E-state index in [1.807, 2.05) is 0 Å². The Morgan fingerprint density at radius 3 is 2.44 bits per heavy atom. The number of hydrogen-bond donors (Lipinski definition) is 0. The Hall–Kier alpha value is -0.0400. The van der Waals surface area contributed by atoms with Crippen molar-refractivity contribution in [2.45, 2.75) is 19.3 Å². The zero-order chi connectivity index (χ0) is 6.32. The van der Waals surface area contributed by atoms with Gasteiger partial charge in [0.05, 0.1) is 0 Å². The van der Waals surface area contributed by atoms with Crippen molar-refractivity contribution in [3.05, 3.63) is 6.42 Å². The first-order valence-electron chi connectivity index (χ1n) is 3.81. The maximum atomic E-state index is 2.45. The van der Waals surface area contributed by atoms with Gasteiger partial charge < -0.3 is 4.90 Å². The van der Waals surface area contributed by atoms with Gasteiger partial charge in [0.15, 0.2) is 0 Å². The van der Waals surface area contributed by atoms with Gasteiger partial charge in [0.25, 0.3) is 0 Å². The fourth-order valence-corrected chi connectivity index (χ4v) is 2.04. The molecule has 2 fully saturated rings. The van der Waals surface area contributed by atoms with Crippen LogP contribution in [0.5, 0.6) is 0 Å². The summed E-state index contributed by atoms with van der Waals surface area (Å²) in [6.45, 7) is 2.68. The third-order valence-electron chi connectivity index (χ3n) is 2.78. The van der Waals surface area contributed by atoms with E-state index < -0.39 is 0 Å². The largest absolute Gasteiger partial charge is 0.306 e. The highest BCUT2D eigenvalue weighted by Gasteiger charge is 2.41. The smallest absolute Gasteiger partial charge is 0.00356 e. The molecule has 1 aliphatic heterocycles. The lowest BCUT2D eigenvalue weighted by Gasteiger charge is -2.37. The van der Waals surface area contributed by atoms with Gasteiger partial charge in [0.1, 0.15) is 0 Å². The van der Waals surface area contributed by atoms with E-state index in [2.05, 4.69) is 18.4 Å². The maximum Gasteiger partial charge on any atom is 0.00356 e. The molecule has 2 rings (SSSR count). The van der Waals surface area contributed by atoms with E-state index in [0.29, 0.717) is 0 Å². The van der Waals surface area contributed by atoms with Crippen LogP contribution in [0.1, 0.15) is 19.3 Å². The molecule has 0 N–H and O–H groups in total. The molecule has 0 aromatic carbocycles. The van der Waals surface area contributed by atoms with Crippen molar-refractivity contribution in [3.63, 3.8) is 0 Å². The van der Waals surface area contributed by atoms with Crippen LogP contribution in [0, 0.1) is 11.8 Å².